The number of rotatable bonds is 10. The van der Waals surface area contributed by atoms with Crippen LogP contribution in [0.25, 0.3) is 0 Å². The van der Waals surface area contributed by atoms with E-state index in [1.54, 1.807) is 6.08 Å². The maximum atomic E-state index is 12.9. The molecule has 2 heterocycles. The molecule has 0 bridgehead atoms. The standard InChI is InChI=1S/C26H30N4O4S2/c1-5-12-30-21(14-34-19-9-7-6-8-17(19)3)28-29-26(30)35-15-22(31)27-24-23(25(32)33-4)18-11-10-16(2)13-20(18)36-24/h5-9,16H,1,10-15H2,2-4H3,(H,27,31). The predicted octanol–water partition coefficient (Wildman–Crippen LogP) is 5.06. The van der Waals surface area contributed by atoms with E-state index in [1.807, 2.05) is 35.8 Å². The Labute approximate surface area is 219 Å². The van der Waals surface area contributed by atoms with Gasteiger partial charge in [0.2, 0.25) is 5.91 Å². The van der Waals surface area contributed by atoms with Gasteiger partial charge in [0.1, 0.15) is 17.4 Å². The minimum Gasteiger partial charge on any atom is -0.485 e. The molecule has 1 unspecified atom stereocenters. The first-order valence-electron chi connectivity index (χ1n) is 11.8. The Morgan fingerprint density at radius 2 is 2.14 bits per heavy atom. The zero-order valence-electron chi connectivity index (χ0n) is 20.7. The van der Waals surface area contributed by atoms with E-state index in [9.17, 15) is 9.59 Å². The summed E-state index contributed by atoms with van der Waals surface area (Å²) in [6, 6.07) is 7.78. The van der Waals surface area contributed by atoms with E-state index in [0.29, 0.717) is 34.0 Å². The van der Waals surface area contributed by atoms with Gasteiger partial charge in [-0.2, -0.15) is 0 Å². The maximum Gasteiger partial charge on any atom is 0.341 e. The van der Waals surface area contributed by atoms with E-state index < -0.39 is 5.97 Å². The SMILES string of the molecule is C=CCn1c(COc2ccccc2C)nnc1SCC(=O)Nc1sc2c(c1C(=O)OC)CCC(C)C2. The molecule has 10 heteroatoms. The number of thioether (sulfide) groups is 1. The average Bonchev–Trinajstić information content (AvgIpc) is 3.41. The molecular weight excluding hydrogens is 496 g/mol. The predicted molar refractivity (Wildman–Crippen MR) is 142 cm³/mol. The zero-order valence-corrected chi connectivity index (χ0v) is 22.3. The van der Waals surface area contributed by atoms with Crippen LogP contribution >= 0.6 is 23.1 Å². The highest BCUT2D eigenvalue weighted by molar-refractivity contribution is 7.99. The first-order chi connectivity index (χ1) is 17.4. The van der Waals surface area contributed by atoms with Crippen LogP contribution in [0.3, 0.4) is 0 Å². The number of benzene rings is 1. The van der Waals surface area contributed by atoms with E-state index in [0.717, 1.165) is 41.0 Å². The molecule has 2 aromatic heterocycles. The number of nitrogens with zero attached hydrogens (tertiary/aromatic N) is 3. The normalized spacial score (nSPS) is 14.7. The number of amides is 1. The summed E-state index contributed by atoms with van der Waals surface area (Å²) < 4.78 is 12.8. The second-order valence-electron chi connectivity index (χ2n) is 8.74. The van der Waals surface area contributed by atoms with Crippen LogP contribution in [-0.4, -0.2) is 39.5 Å². The van der Waals surface area contributed by atoms with Crippen LogP contribution in [0.1, 0.15) is 45.5 Å². The van der Waals surface area contributed by atoms with E-state index in [2.05, 4.69) is 29.0 Å². The molecular formula is C26H30N4O4S2. The summed E-state index contributed by atoms with van der Waals surface area (Å²) in [5.74, 6) is 1.48. The molecule has 0 fully saturated rings. The molecule has 0 saturated heterocycles. The van der Waals surface area contributed by atoms with Crippen LogP contribution in [0.5, 0.6) is 5.75 Å². The third-order valence-electron chi connectivity index (χ3n) is 6.04. The van der Waals surface area contributed by atoms with Crippen molar-refractivity contribution in [3.8, 4) is 5.75 Å². The minimum absolute atomic E-state index is 0.119. The quantitative estimate of drug-likeness (QED) is 0.224. The Kier molecular flexibility index (Phi) is 8.48. The first kappa shape index (κ1) is 26.0. The van der Waals surface area contributed by atoms with Gasteiger partial charge in [0.25, 0.3) is 0 Å². The van der Waals surface area contributed by atoms with Crippen LogP contribution in [0.15, 0.2) is 42.1 Å². The van der Waals surface area contributed by atoms with Gasteiger partial charge in [-0.05, 0) is 49.3 Å². The van der Waals surface area contributed by atoms with E-state index in [4.69, 9.17) is 9.47 Å². The maximum absolute atomic E-state index is 12.9. The number of para-hydroxylation sites is 1. The van der Waals surface area contributed by atoms with Crippen LogP contribution in [-0.2, 0) is 35.5 Å². The first-order valence-corrected chi connectivity index (χ1v) is 13.6. The second kappa shape index (κ2) is 11.7. The molecule has 1 aromatic carbocycles. The number of fused-ring (bicyclic) bond motifs is 1. The highest BCUT2D eigenvalue weighted by Gasteiger charge is 2.29. The zero-order chi connectivity index (χ0) is 25.7. The van der Waals surface area contributed by atoms with Crippen molar-refractivity contribution in [2.45, 2.75) is 51.4 Å². The number of allylic oxidation sites excluding steroid dienone is 1. The molecule has 0 aliphatic heterocycles. The molecule has 0 saturated carbocycles. The summed E-state index contributed by atoms with van der Waals surface area (Å²) in [4.78, 5) is 26.5. The Morgan fingerprint density at radius 3 is 2.89 bits per heavy atom. The fourth-order valence-corrected chi connectivity index (χ4v) is 6.34. The number of esters is 1. The van der Waals surface area contributed by atoms with Gasteiger partial charge in [0, 0.05) is 11.4 Å². The Bertz CT molecular complexity index is 1270. The number of methoxy groups -OCH3 is 1. The number of nitrogens with one attached hydrogen (secondary N) is 1. The lowest BCUT2D eigenvalue weighted by molar-refractivity contribution is -0.113. The molecule has 0 radical (unpaired) electrons. The molecule has 1 amide bonds. The second-order valence-corrected chi connectivity index (χ2v) is 10.8. The number of carbonyl (C=O) groups excluding carboxylic acids is 2. The van der Waals surface area contributed by atoms with Crippen LogP contribution in [0.4, 0.5) is 5.00 Å². The number of hydrogen-bond donors (Lipinski definition) is 1. The van der Waals surface area contributed by atoms with Crippen LogP contribution in [0, 0.1) is 12.8 Å². The van der Waals surface area contributed by atoms with Gasteiger partial charge < -0.3 is 14.8 Å². The third kappa shape index (κ3) is 5.82. The van der Waals surface area contributed by atoms with E-state index >= 15 is 0 Å². The Morgan fingerprint density at radius 1 is 1.33 bits per heavy atom. The van der Waals surface area contributed by atoms with Crippen molar-refractivity contribution >= 4 is 40.0 Å². The number of aromatic nitrogens is 3. The summed E-state index contributed by atoms with van der Waals surface area (Å²) in [6.45, 7) is 8.76. The highest BCUT2D eigenvalue weighted by Crippen LogP contribution is 2.40. The number of thiophene rings is 1. The van der Waals surface area contributed by atoms with Crippen molar-refractivity contribution in [1.82, 2.24) is 14.8 Å². The number of aryl methyl sites for hydroxylation is 1. The van der Waals surface area contributed by atoms with Crippen molar-refractivity contribution in [2.24, 2.45) is 5.92 Å². The smallest absolute Gasteiger partial charge is 0.341 e. The molecule has 36 heavy (non-hydrogen) atoms. The lowest BCUT2D eigenvalue weighted by Gasteiger charge is -2.18. The minimum atomic E-state index is -0.408. The van der Waals surface area contributed by atoms with Crippen molar-refractivity contribution in [1.29, 1.82) is 0 Å². The van der Waals surface area contributed by atoms with Gasteiger partial charge in [0.05, 0.1) is 18.4 Å². The topological polar surface area (TPSA) is 95.3 Å². The average molecular weight is 527 g/mol. The summed E-state index contributed by atoms with van der Waals surface area (Å²) >= 11 is 2.75. The summed E-state index contributed by atoms with van der Waals surface area (Å²) in [5, 5.41) is 12.6. The highest BCUT2D eigenvalue weighted by atomic mass is 32.2. The molecule has 1 N–H and O–H groups in total. The third-order valence-corrected chi connectivity index (χ3v) is 8.18. The summed E-state index contributed by atoms with van der Waals surface area (Å²) in [5.41, 5.74) is 2.54. The van der Waals surface area contributed by atoms with Crippen LogP contribution < -0.4 is 10.1 Å². The summed E-state index contributed by atoms with van der Waals surface area (Å²) in [7, 11) is 1.37. The monoisotopic (exact) mass is 526 g/mol. The van der Waals surface area contributed by atoms with Crippen molar-refractivity contribution in [2.75, 3.05) is 18.2 Å². The molecule has 3 aromatic rings. The molecule has 1 atom stereocenters. The number of hydrogen-bond acceptors (Lipinski definition) is 8. The van der Waals surface area contributed by atoms with Gasteiger partial charge in [-0.1, -0.05) is 43.0 Å². The molecule has 1 aliphatic carbocycles. The van der Waals surface area contributed by atoms with Gasteiger partial charge in [-0.25, -0.2) is 4.79 Å². The van der Waals surface area contributed by atoms with Crippen molar-refractivity contribution < 1.29 is 19.1 Å². The van der Waals surface area contributed by atoms with Gasteiger partial charge >= 0.3 is 5.97 Å². The molecule has 8 nitrogen and oxygen atoms in total. The van der Waals surface area contributed by atoms with Gasteiger partial charge in [0.15, 0.2) is 11.0 Å². The largest absolute Gasteiger partial charge is 0.485 e. The number of anilines is 1. The van der Waals surface area contributed by atoms with E-state index in [1.165, 1.54) is 30.2 Å². The molecule has 0 spiro atoms. The van der Waals surface area contributed by atoms with Crippen molar-refractivity contribution in [3.05, 3.63) is 64.3 Å². The van der Waals surface area contributed by atoms with E-state index in [-0.39, 0.29) is 18.3 Å². The van der Waals surface area contributed by atoms with Crippen molar-refractivity contribution in [3.63, 3.8) is 0 Å². The Hall–Kier alpha value is -3.11. The molecule has 4 rings (SSSR count). The lowest BCUT2D eigenvalue weighted by atomic mass is 9.88. The number of carbonyl (C=O) groups is 2. The lowest BCUT2D eigenvalue weighted by Crippen LogP contribution is -2.17. The number of ether oxygens (including phenoxy) is 2. The summed E-state index contributed by atoms with van der Waals surface area (Å²) in [6.07, 6.45) is 4.50. The van der Waals surface area contributed by atoms with Gasteiger partial charge in [-0.3, -0.25) is 9.36 Å². The molecule has 1 aliphatic rings. The van der Waals surface area contributed by atoms with Gasteiger partial charge in [-0.15, -0.1) is 28.1 Å². The Balaban J connectivity index is 1.43. The fraction of sp³-hybridized carbons (Fsp3) is 0.385. The molecule has 190 valence electrons. The fourth-order valence-electron chi connectivity index (χ4n) is 4.16. The van der Waals surface area contributed by atoms with Crippen LogP contribution in [0.2, 0.25) is 0 Å².